The number of amides is 1. The van der Waals surface area contributed by atoms with Crippen molar-refractivity contribution in [1.29, 1.82) is 0 Å². The molecule has 6 nitrogen and oxygen atoms in total. The standard InChI is InChI=1S/C19H22N4O2/c1-3-15(20-18(24)13-8-9-13)11-22-19(25)23-16-7-5-4-6-14(16)10-12(2)17(23)21-22/h4-7,10,13,15H,3,8-9,11H2,1-2H3,(H,20,24)/t15-/m0/s1. The van der Waals surface area contributed by atoms with Crippen LogP contribution in [-0.2, 0) is 11.3 Å². The number of aryl methyl sites for hydroxylation is 1. The van der Waals surface area contributed by atoms with Crippen molar-refractivity contribution in [3.63, 3.8) is 0 Å². The van der Waals surface area contributed by atoms with E-state index in [1.54, 1.807) is 4.40 Å². The predicted octanol–water partition coefficient (Wildman–Crippen LogP) is 2.26. The zero-order valence-electron chi connectivity index (χ0n) is 14.5. The minimum Gasteiger partial charge on any atom is -0.351 e. The molecule has 1 amide bonds. The summed E-state index contributed by atoms with van der Waals surface area (Å²) >= 11 is 0. The Morgan fingerprint density at radius 2 is 2.12 bits per heavy atom. The third-order valence-electron chi connectivity index (χ3n) is 4.92. The van der Waals surface area contributed by atoms with Crippen LogP contribution in [0.2, 0.25) is 0 Å². The van der Waals surface area contributed by atoms with Crippen molar-refractivity contribution in [1.82, 2.24) is 19.5 Å². The van der Waals surface area contributed by atoms with Gasteiger partial charge in [0.15, 0.2) is 5.65 Å². The van der Waals surface area contributed by atoms with Crippen LogP contribution in [0, 0.1) is 12.8 Å². The molecule has 0 radical (unpaired) electrons. The lowest BCUT2D eigenvalue weighted by molar-refractivity contribution is -0.123. The van der Waals surface area contributed by atoms with Gasteiger partial charge in [0.25, 0.3) is 0 Å². The van der Waals surface area contributed by atoms with Crippen LogP contribution >= 0.6 is 0 Å². The summed E-state index contributed by atoms with van der Waals surface area (Å²) in [6, 6.07) is 9.78. The van der Waals surface area contributed by atoms with Crippen LogP contribution in [0.5, 0.6) is 0 Å². The lowest BCUT2D eigenvalue weighted by atomic mass is 10.1. The van der Waals surface area contributed by atoms with Crippen molar-refractivity contribution in [2.24, 2.45) is 5.92 Å². The topological polar surface area (TPSA) is 68.4 Å². The maximum Gasteiger partial charge on any atom is 0.350 e. The zero-order valence-corrected chi connectivity index (χ0v) is 14.5. The summed E-state index contributed by atoms with van der Waals surface area (Å²) in [5.41, 5.74) is 2.33. The average molecular weight is 338 g/mol. The molecule has 1 fully saturated rings. The van der Waals surface area contributed by atoms with Gasteiger partial charge in [-0.05, 0) is 49.3 Å². The van der Waals surface area contributed by atoms with Gasteiger partial charge < -0.3 is 5.32 Å². The van der Waals surface area contributed by atoms with Gasteiger partial charge in [-0.1, -0.05) is 25.1 Å². The molecule has 1 saturated carbocycles. The van der Waals surface area contributed by atoms with E-state index in [0.717, 1.165) is 35.7 Å². The molecule has 25 heavy (non-hydrogen) atoms. The Hall–Kier alpha value is -2.63. The minimum atomic E-state index is -0.158. The molecule has 0 spiro atoms. The van der Waals surface area contributed by atoms with E-state index in [4.69, 9.17) is 0 Å². The summed E-state index contributed by atoms with van der Waals surface area (Å²) in [6.07, 6.45) is 2.71. The van der Waals surface area contributed by atoms with Crippen molar-refractivity contribution in [2.45, 2.75) is 45.7 Å². The fourth-order valence-corrected chi connectivity index (χ4v) is 3.26. The van der Waals surface area contributed by atoms with E-state index in [9.17, 15) is 9.59 Å². The predicted molar refractivity (Wildman–Crippen MR) is 96.6 cm³/mol. The smallest absolute Gasteiger partial charge is 0.350 e. The molecule has 3 aromatic rings. The minimum absolute atomic E-state index is 0.0812. The van der Waals surface area contributed by atoms with Gasteiger partial charge in [0.05, 0.1) is 12.1 Å². The summed E-state index contributed by atoms with van der Waals surface area (Å²) < 4.78 is 3.15. The highest BCUT2D eigenvalue weighted by molar-refractivity contribution is 5.83. The molecule has 1 aliphatic rings. The molecule has 1 atom stereocenters. The lowest BCUT2D eigenvalue weighted by Crippen LogP contribution is -2.40. The van der Waals surface area contributed by atoms with Gasteiger partial charge >= 0.3 is 5.69 Å². The Morgan fingerprint density at radius 1 is 1.36 bits per heavy atom. The highest BCUT2D eigenvalue weighted by Crippen LogP contribution is 2.29. The van der Waals surface area contributed by atoms with Gasteiger partial charge in [-0.3, -0.25) is 4.79 Å². The number of carbonyl (C=O) groups is 1. The summed E-state index contributed by atoms with van der Waals surface area (Å²) in [4.78, 5) is 25.0. The number of carbonyl (C=O) groups excluding carboxylic acids is 1. The van der Waals surface area contributed by atoms with E-state index < -0.39 is 0 Å². The Labute approximate surface area is 145 Å². The number of hydrogen-bond donors (Lipinski definition) is 1. The summed E-state index contributed by atoms with van der Waals surface area (Å²) in [6.45, 7) is 4.37. The summed E-state index contributed by atoms with van der Waals surface area (Å²) in [5.74, 6) is 0.267. The quantitative estimate of drug-likeness (QED) is 0.776. The monoisotopic (exact) mass is 338 g/mol. The molecule has 1 aliphatic carbocycles. The van der Waals surface area contributed by atoms with Crippen molar-refractivity contribution in [3.8, 4) is 0 Å². The molecule has 2 heterocycles. The van der Waals surface area contributed by atoms with Gasteiger partial charge in [0.2, 0.25) is 5.91 Å². The molecular weight excluding hydrogens is 316 g/mol. The maximum atomic E-state index is 12.9. The number of nitrogens with one attached hydrogen (secondary N) is 1. The van der Waals surface area contributed by atoms with Gasteiger partial charge in [0, 0.05) is 12.0 Å². The van der Waals surface area contributed by atoms with E-state index >= 15 is 0 Å². The normalized spacial score (nSPS) is 15.6. The third kappa shape index (κ3) is 2.81. The first-order valence-corrected chi connectivity index (χ1v) is 8.86. The number of pyridine rings is 1. The summed E-state index contributed by atoms with van der Waals surface area (Å²) in [5, 5.41) is 8.60. The Morgan fingerprint density at radius 3 is 2.84 bits per heavy atom. The lowest BCUT2D eigenvalue weighted by Gasteiger charge is -2.16. The Balaban J connectivity index is 1.73. The fraction of sp³-hybridized carbons (Fsp3) is 0.421. The van der Waals surface area contributed by atoms with Crippen LogP contribution in [0.25, 0.3) is 16.6 Å². The molecule has 0 aliphatic heterocycles. The number of hydrogen-bond acceptors (Lipinski definition) is 3. The van der Waals surface area contributed by atoms with Crippen LogP contribution in [-0.4, -0.2) is 26.1 Å². The maximum absolute atomic E-state index is 12.9. The van der Waals surface area contributed by atoms with Crippen LogP contribution < -0.4 is 11.0 Å². The molecule has 6 heteroatoms. The third-order valence-corrected chi connectivity index (χ3v) is 4.92. The second kappa shape index (κ2) is 6.02. The first-order valence-electron chi connectivity index (χ1n) is 8.86. The molecular formula is C19H22N4O2. The molecule has 1 aromatic carbocycles. The first-order chi connectivity index (χ1) is 12.1. The van der Waals surface area contributed by atoms with Crippen LogP contribution in [0.1, 0.15) is 31.7 Å². The number of rotatable bonds is 5. The average Bonchev–Trinajstić information content (AvgIpc) is 3.40. The highest BCUT2D eigenvalue weighted by Gasteiger charge is 2.30. The number of para-hydroxylation sites is 1. The second-order valence-electron chi connectivity index (χ2n) is 6.90. The highest BCUT2D eigenvalue weighted by atomic mass is 16.2. The van der Waals surface area contributed by atoms with Gasteiger partial charge in [0.1, 0.15) is 0 Å². The summed E-state index contributed by atoms with van der Waals surface area (Å²) in [7, 11) is 0. The van der Waals surface area contributed by atoms with Crippen molar-refractivity contribution < 1.29 is 4.79 Å². The number of aromatic nitrogens is 3. The van der Waals surface area contributed by atoms with E-state index in [1.165, 1.54) is 4.68 Å². The molecule has 0 saturated heterocycles. The van der Waals surface area contributed by atoms with Crippen LogP contribution in [0.15, 0.2) is 35.1 Å². The molecule has 0 unspecified atom stereocenters. The largest absolute Gasteiger partial charge is 0.351 e. The van der Waals surface area contributed by atoms with E-state index in [0.29, 0.717) is 12.2 Å². The number of fused-ring (bicyclic) bond motifs is 3. The first kappa shape index (κ1) is 15.9. The molecule has 2 aromatic heterocycles. The van der Waals surface area contributed by atoms with Crippen molar-refractivity contribution >= 4 is 22.5 Å². The molecule has 0 bridgehead atoms. The van der Waals surface area contributed by atoms with Gasteiger partial charge in [-0.2, -0.15) is 0 Å². The fourth-order valence-electron chi connectivity index (χ4n) is 3.26. The molecule has 1 N–H and O–H groups in total. The van der Waals surface area contributed by atoms with E-state index in [-0.39, 0.29) is 23.6 Å². The van der Waals surface area contributed by atoms with E-state index in [2.05, 4.69) is 10.4 Å². The Kier molecular flexibility index (Phi) is 3.82. The molecule has 130 valence electrons. The van der Waals surface area contributed by atoms with Crippen LogP contribution in [0.3, 0.4) is 0 Å². The zero-order chi connectivity index (χ0) is 17.6. The van der Waals surface area contributed by atoms with E-state index in [1.807, 2.05) is 44.2 Å². The second-order valence-corrected chi connectivity index (χ2v) is 6.90. The number of benzene rings is 1. The van der Waals surface area contributed by atoms with Gasteiger partial charge in [-0.25, -0.2) is 13.9 Å². The SMILES string of the molecule is CC[C@@H](Cn1nc2c(C)cc3ccccc3n2c1=O)NC(=O)C1CC1. The molecule has 4 rings (SSSR count). The van der Waals surface area contributed by atoms with Gasteiger partial charge in [-0.15, -0.1) is 5.10 Å². The number of nitrogens with zero attached hydrogens (tertiary/aromatic N) is 3. The Bertz CT molecular complexity index is 1010. The van der Waals surface area contributed by atoms with Crippen molar-refractivity contribution in [2.75, 3.05) is 0 Å². The van der Waals surface area contributed by atoms with Crippen molar-refractivity contribution in [3.05, 3.63) is 46.4 Å². The van der Waals surface area contributed by atoms with Crippen LogP contribution in [0.4, 0.5) is 0 Å².